The van der Waals surface area contributed by atoms with Crippen LogP contribution in [0, 0.1) is 5.82 Å². The molecule has 0 spiro atoms. The standard InChI is InChI=1S/C22H28FNO5/c1-15(2)29-19-10-5-16(13-20(19)26-3)11-12-24-22(25)21(27-4)14-28-18-8-6-17(23)7-9-18/h5-10,13,15,21H,11-12,14H2,1-4H3,(H,24,25)/t21-/m1/s1. The molecule has 6 nitrogen and oxygen atoms in total. The highest BCUT2D eigenvalue weighted by atomic mass is 19.1. The minimum absolute atomic E-state index is 0.0308. The van der Waals surface area contributed by atoms with Gasteiger partial charge in [-0.15, -0.1) is 0 Å². The number of hydrogen-bond donors (Lipinski definition) is 1. The van der Waals surface area contributed by atoms with Crippen molar-refractivity contribution in [3.05, 3.63) is 53.8 Å². The highest BCUT2D eigenvalue weighted by molar-refractivity contribution is 5.80. The highest BCUT2D eigenvalue weighted by Gasteiger charge is 2.18. The van der Waals surface area contributed by atoms with Crippen LogP contribution in [0.2, 0.25) is 0 Å². The average molecular weight is 405 g/mol. The number of carbonyl (C=O) groups excluding carboxylic acids is 1. The van der Waals surface area contributed by atoms with E-state index in [4.69, 9.17) is 18.9 Å². The maximum atomic E-state index is 12.9. The topological polar surface area (TPSA) is 66.0 Å². The first kappa shape index (κ1) is 22.5. The molecule has 7 heteroatoms. The van der Waals surface area contributed by atoms with Crippen LogP contribution in [0.5, 0.6) is 17.2 Å². The van der Waals surface area contributed by atoms with Gasteiger partial charge in [0.15, 0.2) is 17.6 Å². The first-order valence-corrected chi connectivity index (χ1v) is 9.45. The number of halogens is 1. The second kappa shape index (κ2) is 11.3. The van der Waals surface area contributed by atoms with Crippen LogP contribution in [0.1, 0.15) is 19.4 Å². The smallest absolute Gasteiger partial charge is 0.252 e. The van der Waals surface area contributed by atoms with Crippen LogP contribution in [-0.2, 0) is 16.0 Å². The molecule has 0 saturated heterocycles. The molecule has 0 radical (unpaired) electrons. The first-order valence-electron chi connectivity index (χ1n) is 9.45. The van der Waals surface area contributed by atoms with Crippen LogP contribution in [-0.4, -0.2) is 45.5 Å². The van der Waals surface area contributed by atoms with E-state index < -0.39 is 6.10 Å². The van der Waals surface area contributed by atoms with E-state index in [0.29, 0.717) is 30.2 Å². The van der Waals surface area contributed by atoms with Crippen LogP contribution in [0.15, 0.2) is 42.5 Å². The quantitative estimate of drug-likeness (QED) is 0.621. The van der Waals surface area contributed by atoms with Crippen molar-refractivity contribution in [2.24, 2.45) is 0 Å². The van der Waals surface area contributed by atoms with Gasteiger partial charge in [0, 0.05) is 13.7 Å². The lowest BCUT2D eigenvalue weighted by Gasteiger charge is -2.17. The lowest BCUT2D eigenvalue weighted by Crippen LogP contribution is -2.40. The molecule has 0 heterocycles. The summed E-state index contributed by atoms with van der Waals surface area (Å²) in [6.45, 7) is 4.37. The van der Waals surface area contributed by atoms with E-state index >= 15 is 0 Å². The predicted octanol–water partition coefficient (Wildman–Crippen LogP) is 3.37. The third kappa shape index (κ3) is 7.27. The Morgan fingerprint density at radius 1 is 1.07 bits per heavy atom. The van der Waals surface area contributed by atoms with Gasteiger partial charge in [0.25, 0.3) is 5.91 Å². The number of ether oxygens (including phenoxy) is 4. The molecule has 0 aromatic heterocycles. The monoisotopic (exact) mass is 405 g/mol. The van der Waals surface area contributed by atoms with Crippen molar-refractivity contribution in [2.75, 3.05) is 27.4 Å². The Morgan fingerprint density at radius 2 is 1.79 bits per heavy atom. The summed E-state index contributed by atoms with van der Waals surface area (Å²) in [5, 5.41) is 2.84. The molecule has 0 saturated carbocycles. The van der Waals surface area contributed by atoms with Crippen molar-refractivity contribution >= 4 is 5.91 Å². The maximum Gasteiger partial charge on any atom is 0.252 e. The molecular weight excluding hydrogens is 377 g/mol. The van der Waals surface area contributed by atoms with Crippen LogP contribution in [0.3, 0.4) is 0 Å². The summed E-state index contributed by atoms with van der Waals surface area (Å²) in [6, 6.07) is 11.3. The van der Waals surface area contributed by atoms with Crippen molar-refractivity contribution < 1.29 is 28.1 Å². The molecule has 0 bridgehead atoms. The number of amides is 1. The van der Waals surface area contributed by atoms with Gasteiger partial charge in [0.2, 0.25) is 0 Å². The van der Waals surface area contributed by atoms with Gasteiger partial charge < -0.3 is 24.3 Å². The second-order valence-electron chi connectivity index (χ2n) is 6.68. The fraction of sp³-hybridized carbons (Fsp3) is 0.409. The van der Waals surface area contributed by atoms with Gasteiger partial charge in [-0.3, -0.25) is 4.79 Å². The summed E-state index contributed by atoms with van der Waals surface area (Å²) in [5.41, 5.74) is 1.01. The molecule has 29 heavy (non-hydrogen) atoms. The average Bonchev–Trinajstić information content (AvgIpc) is 2.70. The molecular formula is C22H28FNO5. The number of carbonyl (C=O) groups is 1. The zero-order valence-corrected chi connectivity index (χ0v) is 17.2. The van der Waals surface area contributed by atoms with Gasteiger partial charge in [0.1, 0.15) is 18.2 Å². The zero-order valence-electron chi connectivity index (χ0n) is 17.2. The van der Waals surface area contributed by atoms with Gasteiger partial charge in [-0.25, -0.2) is 4.39 Å². The second-order valence-corrected chi connectivity index (χ2v) is 6.68. The maximum absolute atomic E-state index is 12.9. The summed E-state index contributed by atoms with van der Waals surface area (Å²) >= 11 is 0. The Kier molecular flexibility index (Phi) is 8.73. The normalized spacial score (nSPS) is 11.8. The molecule has 0 aliphatic heterocycles. The summed E-state index contributed by atoms with van der Waals surface area (Å²) in [5.74, 6) is 1.19. The lowest BCUT2D eigenvalue weighted by molar-refractivity contribution is -0.132. The van der Waals surface area contributed by atoms with Crippen LogP contribution < -0.4 is 19.5 Å². The van der Waals surface area contributed by atoms with E-state index in [0.717, 1.165) is 5.56 Å². The summed E-state index contributed by atoms with van der Waals surface area (Å²) in [7, 11) is 3.04. The highest BCUT2D eigenvalue weighted by Crippen LogP contribution is 2.29. The van der Waals surface area contributed by atoms with E-state index in [9.17, 15) is 9.18 Å². The molecule has 1 N–H and O–H groups in total. The van der Waals surface area contributed by atoms with Crippen molar-refractivity contribution in [2.45, 2.75) is 32.5 Å². The van der Waals surface area contributed by atoms with E-state index in [1.54, 1.807) is 7.11 Å². The fourth-order valence-corrected chi connectivity index (χ4v) is 2.62. The molecule has 0 fully saturated rings. The minimum atomic E-state index is -0.767. The van der Waals surface area contributed by atoms with Crippen molar-refractivity contribution in [1.82, 2.24) is 5.32 Å². The number of benzene rings is 2. The van der Waals surface area contributed by atoms with Crippen LogP contribution >= 0.6 is 0 Å². The molecule has 2 aromatic rings. The van der Waals surface area contributed by atoms with E-state index in [1.165, 1.54) is 31.4 Å². The molecule has 0 unspecified atom stereocenters. The fourth-order valence-electron chi connectivity index (χ4n) is 2.62. The Morgan fingerprint density at radius 3 is 2.41 bits per heavy atom. The SMILES string of the molecule is COc1cc(CCNC(=O)[C@@H](COc2ccc(F)cc2)OC)ccc1OC(C)C. The number of hydrogen-bond acceptors (Lipinski definition) is 5. The van der Waals surface area contributed by atoms with Crippen LogP contribution in [0.25, 0.3) is 0 Å². The first-order chi connectivity index (χ1) is 13.9. The van der Waals surface area contributed by atoms with Gasteiger partial charge in [-0.05, 0) is 62.2 Å². The van der Waals surface area contributed by atoms with E-state index in [-0.39, 0.29) is 24.4 Å². The number of rotatable bonds is 11. The van der Waals surface area contributed by atoms with E-state index in [2.05, 4.69) is 5.32 Å². The number of nitrogens with one attached hydrogen (secondary N) is 1. The molecule has 0 aliphatic rings. The van der Waals surface area contributed by atoms with Crippen molar-refractivity contribution in [1.29, 1.82) is 0 Å². The molecule has 2 aromatic carbocycles. The molecule has 2 rings (SSSR count). The Bertz CT molecular complexity index is 779. The molecule has 0 aliphatic carbocycles. The Balaban J connectivity index is 1.83. The molecule has 1 atom stereocenters. The number of methoxy groups -OCH3 is 2. The molecule has 1 amide bonds. The summed E-state index contributed by atoms with van der Waals surface area (Å²) < 4.78 is 34.7. The third-order valence-corrected chi connectivity index (χ3v) is 4.10. The zero-order chi connectivity index (χ0) is 21.2. The largest absolute Gasteiger partial charge is 0.493 e. The Hall–Kier alpha value is -2.80. The van der Waals surface area contributed by atoms with E-state index in [1.807, 2.05) is 32.0 Å². The third-order valence-electron chi connectivity index (χ3n) is 4.10. The van der Waals surface area contributed by atoms with Crippen molar-refractivity contribution in [3.63, 3.8) is 0 Å². The minimum Gasteiger partial charge on any atom is -0.493 e. The van der Waals surface area contributed by atoms with Crippen molar-refractivity contribution in [3.8, 4) is 17.2 Å². The summed E-state index contributed by atoms with van der Waals surface area (Å²) in [4.78, 5) is 12.3. The van der Waals surface area contributed by atoms with Gasteiger partial charge in [-0.2, -0.15) is 0 Å². The van der Waals surface area contributed by atoms with Gasteiger partial charge >= 0.3 is 0 Å². The van der Waals surface area contributed by atoms with Crippen LogP contribution in [0.4, 0.5) is 4.39 Å². The summed E-state index contributed by atoms with van der Waals surface area (Å²) in [6.07, 6.45) is -0.0900. The Labute approximate surface area is 170 Å². The van der Waals surface area contributed by atoms with Gasteiger partial charge in [0.05, 0.1) is 13.2 Å². The predicted molar refractivity (Wildman–Crippen MR) is 108 cm³/mol. The molecule has 158 valence electrons. The van der Waals surface area contributed by atoms with Gasteiger partial charge in [-0.1, -0.05) is 6.07 Å². The lowest BCUT2D eigenvalue weighted by atomic mass is 10.1.